The number of halogens is 1. The largest absolute Gasteiger partial charge is 0.305 e. The number of alkyl halides is 1. The van der Waals surface area contributed by atoms with Crippen molar-refractivity contribution in [2.24, 2.45) is 0 Å². The summed E-state index contributed by atoms with van der Waals surface area (Å²) in [7, 11) is 0. The molecule has 0 spiro atoms. The van der Waals surface area contributed by atoms with Gasteiger partial charge in [-0.3, -0.25) is 9.59 Å². The van der Waals surface area contributed by atoms with Crippen molar-refractivity contribution < 1.29 is 9.59 Å². The molecule has 21 heavy (non-hydrogen) atoms. The summed E-state index contributed by atoms with van der Waals surface area (Å²) in [5, 5.41) is 0. The van der Waals surface area contributed by atoms with E-state index < -0.39 is 0 Å². The van der Waals surface area contributed by atoms with E-state index >= 15 is 0 Å². The number of anilines is 1. The quantitative estimate of drug-likeness (QED) is 0.610. The molecule has 1 aromatic rings. The molecular weight excluding hydrogens is 286 g/mol. The number of aryl methyl sites for hydroxylation is 1. The smallest absolute Gasteiger partial charge is 0.242 e. The van der Waals surface area contributed by atoms with Gasteiger partial charge >= 0.3 is 0 Å². The van der Waals surface area contributed by atoms with Crippen molar-refractivity contribution in [1.82, 2.24) is 0 Å². The zero-order valence-electron chi connectivity index (χ0n) is 13.3. The lowest BCUT2D eigenvalue weighted by molar-refractivity contribution is -0.117. The van der Waals surface area contributed by atoms with Crippen LogP contribution in [-0.2, 0) is 4.79 Å². The van der Waals surface area contributed by atoms with E-state index in [2.05, 4.69) is 13.0 Å². The fourth-order valence-corrected chi connectivity index (χ4v) is 3.60. The van der Waals surface area contributed by atoms with Gasteiger partial charge in [-0.1, -0.05) is 13.0 Å². The van der Waals surface area contributed by atoms with E-state index in [0.717, 1.165) is 23.2 Å². The van der Waals surface area contributed by atoms with Gasteiger partial charge in [0.15, 0.2) is 5.78 Å². The first kappa shape index (κ1) is 16.0. The molecule has 0 unspecified atom stereocenters. The molecule has 1 aliphatic heterocycles. The summed E-state index contributed by atoms with van der Waals surface area (Å²) in [5.41, 5.74) is 3.13. The van der Waals surface area contributed by atoms with Crippen molar-refractivity contribution in [2.75, 3.05) is 10.8 Å². The van der Waals surface area contributed by atoms with Gasteiger partial charge in [-0.05, 0) is 57.2 Å². The van der Waals surface area contributed by atoms with Crippen molar-refractivity contribution in [1.29, 1.82) is 0 Å². The van der Waals surface area contributed by atoms with E-state index in [9.17, 15) is 9.59 Å². The fraction of sp³-hybridized carbons (Fsp3) is 0.529. The van der Waals surface area contributed by atoms with Gasteiger partial charge in [-0.2, -0.15) is 0 Å². The summed E-state index contributed by atoms with van der Waals surface area (Å²) in [6.45, 7) is 9.73. The van der Waals surface area contributed by atoms with E-state index in [4.69, 9.17) is 11.6 Å². The van der Waals surface area contributed by atoms with Crippen molar-refractivity contribution in [3.8, 4) is 0 Å². The van der Waals surface area contributed by atoms with Crippen LogP contribution in [0.5, 0.6) is 0 Å². The lowest BCUT2D eigenvalue weighted by atomic mass is 9.78. The number of hydrogen-bond acceptors (Lipinski definition) is 2. The van der Waals surface area contributed by atoms with Gasteiger partial charge in [0.25, 0.3) is 0 Å². The normalized spacial score (nSPS) is 20.1. The minimum absolute atomic E-state index is 0.0211. The highest BCUT2D eigenvalue weighted by Gasteiger charge is 2.41. The number of Topliss-reactive ketones (excluding diaryl/α,β-unsaturated/α-hetero) is 1. The lowest BCUT2D eigenvalue weighted by Gasteiger charge is -2.46. The van der Waals surface area contributed by atoms with Crippen LogP contribution < -0.4 is 4.90 Å². The fourth-order valence-electron chi connectivity index (χ4n) is 3.48. The van der Waals surface area contributed by atoms with Crippen LogP contribution >= 0.6 is 11.6 Å². The number of carbonyl (C=O) groups is 2. The predicted octanol–water partition coefficient (Wildman–Crippen LogP) is 4.06. The molecule has 1 amide bonds. The number of nitrogens with zero attached hydrogens (tertiary/aromatic N) is 1. The third kappa shape index (κ3) is 2.71. The van der Waals surface area contributed by atoms with Crippen LogP contribution in [0, 0.1) is 6.92 Å². The molecule has 0 aliphatic carbocycles. The van der Waals surface area contributed by atoms with Crippen LogP contribution in [0.25, 0.3) is 0 Å². The molecule has 0 N–H and O–H groups in total. The van der Waals surface area contributed by atoms with Gasteiger partial charge in [0.2, 0.25) is 5.91 Å². The minimum Gasteiger partial charge on any atom is -0.305 e. The van der Waals surface area contributed by atoms with Gasteiger partial charge in [0.1, 0.15) is 5.88 Å². The molecular formula is C17H22ClNO2. The summed E-state index contributed by atoms with van der Waals surface area (Å²) in [4.78, 5) is 26.2. The average molecular weight is 308 g/mol. The molecule has 4 heteroatoms. The van der Waals surface area contributed by atoms with Crippen molar-refractivity contribution in [3.05, 3.63) is 28.8 Å². The standard InChI is InChI=1S/C17H22ClNO2/c1-10-6-13-11(2)8-17(4,5)19(15(21)9-18)16(13)14(7-10)12(3)20/h6-7,11H,8-9H2,1-5H3/t11-/m1/s1. The Kier molecular flexibility index (Phi) is 4.16. The molecule has 0 saturated heterocycles. The Morgan fingerprint density at radius 1 is 1.38 bits per heavy atom. The molecule has 3 nitrogen and oxygen atoms in total. The molecule has 0 radical (unpaired) electrons. The van der Waals surface area contributed by atoms with Crippen LogP contribution in [-0.4, -0.2) is 23.1 Å². The topological polar surface area (TPSA) is 37.4 Å². The van der Waals surface area contributed by atoms with Gasteiger partial charge in [-0.15, -0.1) is 11.6 Å². The Hall–Kier alpha value is -1.35. The Bertz CT molecular complexity index is 607. The highest BCUT2D eigenvalue weighted by Crippen LogP contribution is 2.45. The number of carbonyl (C=O) groups excluding carboxylic acids is 2. The second kappa shape index (κ2) is 5.45. The Morgan fingerprint density at radius 2 is 2.00 bits per heavy atom. The van der Waals surface area contributed by atoms with Crippen molar-refractivity contribution in [2.45, 2.75) is 52.5 Å². The molecule has 0 bridgehead atoms. The zero-order chi connectivity index (χ0) is 15.9. The highest BCUT2D eigenvalue weighted by atomic mass is 35.5. The summed E-state index contributed by atoms with van der Waals surface area (Å²) < 4.78 is 0. The number of fused-ring (bicyclic) bond motifs is 1. The third-order valence-corrected chi connectivity index (χ3v) is 4.42. The number of benzene rings is 1. The lowest BCUT2D eigenvalue weighted by Crippen LogP contribution is -2.52. The minimum atomic E-state index is -0.349. The number of amides is 1. The second-order valence-electron chi connectivity index (χ2n) is 6.59. The van der Waals surface area contributed by atoms with E-state index in [1.807, 2.05) is 26.8 Å². The molecule has 1 atom stereocenters. The maximum atomic E-state index is 12.4. The van der Waals surface area contributed by atoms with Crippen LogP contribution in [0.3, 0.4) is 0 Å². The molecule has 1 aromatic carbocycles. The molecule has 2 rings (SSSR count). The summed E-state index contributed by atoms with van der Waals surface area (Å²) in [6.07, 6.45) is 0.851. The Labute approximate surface area is 131 Å². The zero-order valence-corrected chi connectivity index (χ0v) is 14.0. The third-order valence-electron chi connectivity index (χ3n) is 4.19. The first-order chi connectivity index (χ1) is 9.69. The average Bonchev–Trinajstić information content (AvgIpc) is 2.37. The summed E-state index contributed by atoms with van der Waals surface area (Å²) >= 11 is 5.80. The second-order valence-corrected chi connectivity index (χ2v) is 6.85. The monoisotopic (exact) mass is 307 g/mol. The highest BCUT2D eigenvalue weighted by molar-refractivity contribution is 6.30. The van der Waals surface area contributed by atoms with Gasteiger partial charge in [0.05, 0.1) is 5.69 Å². The SMILES string of the molecule is CC(=O)c1cc(C)cc2c1N(C(=O)CCl)C(C)(C)C[C@H]2C. The van der Waals surface area contributed by atoms with E-state index in [1.165, 1.54) is 0 Å². The van der Waals surface area contributed by atoms with E-state index in [1.54, 1.807) is 11.8 Å². The Balaban J connectivity index is 2.79. The van der Waals surface area contributed by atoms with Gasteiger partial charge < -0.3 is 4.90 Å². The predicted molar refractivity (Wildman–Crippen MR) is 86.5 cm³/mol. The van der Waals surface area contributed by atoms with Crippen LogP contribution in [0.15, 0.2) is 12.1 Å². The van der Waals surface area contributed by atoms with Gasteiger partial charge in [0, 0.05) is 11.1 Å². The Morgan fingerprint density at radius 3 is 2.52 bits per heavy atom. The summed E-state index contributed by atoms with van der Waals surface area (Å²) in [5.74, 6) is 0.0448. The maximum absolute atomic E-state index is 12.4. The number of rotatable bonds is 2. The molecule has 114 valence electrons. The summed E-state index contributed by atoms with van der Waals surface area (Å²) in [6, 6.07) is 3.94. The number of ketones is 1. The van der Waals surface area contributed by atoms with E-state index in [0.29, 0.717) is 11.5 Å². The van der Waals surface area contributed by atoms with Crippen LogP contribution in [0.2, 0.25) is 0 Å². The molecule has 1 heterocycles. The molecule has 1 aliphatic rings. The first-order valence-corrected chi connectivity index (χ1v) is 7.77. The van der Waals surface area contributed by atoms with Gasteiger partial charge in [-0.25, -0.2) is 0 Å². The maximum Gasteiger partial charge on any atom is 0.242 e. The molecule has 0 saturated carbocycles. The molecule has 0 fully saturated rings. The number of hydrogen-bond donors (Lipinski definition) is 0. The van der Waals surface area contributed by atoms with Crippen LogP contribution in [0.1, 0.15) is 61.5 Å². The first-order valence-electron chi connectivity index (χ1n) is 7.23. The van der Waals surface area contributed by atoms with E-state index in [-0.39, 0.29) is 23.1 Å². The van der Waals surface area contributed by atoms with Crippen molar-refractivity contribution >= 4 is 29.0 Å². The van der Waals surface area contributed by atoms with Crippen LogP contribution in [0.4, 0.5) is 5.69 Å². The van der Waals surface area contributed by atoms with Crippen molar-refractivity contribution in [3.63, 3.8) is 0 Å². The molecule has 0 aromatic heterocycles.